The standard InChI is InChI=1S/C11H20N2O3/c12-8-3-5-9(6-4-8)16-13-11(14)10-2-1-7-15-10/h8-10H,1-7,12H2,(H,13,14). The van der Waals surface area contributed by atoms with Crippen molar-refractivity contribution in [3.63, 3.8) is 0 Å². The van der Waals surface area contributed by atoms with Crippen LogP contribution >= 0.6 is 0 Å². The van der Waals surface area contributed by atoms with E-state index in [2.05, 4.69) is 5.48 Å². The Labute approximate surface area is 95.6 Å². The van der Waals surface area contributed by atoms with Crippen LogP contribution in [0.1, 0.15) is 38.5 Å². The summed E-state index contributed by atoms with van der Waals surface area (Å²) in [5.74, 6) is -0.146. The summed E-state index contributed by atoms with van der Waals surface area (Å²) in [4.78, 5) is 16.9. The highest BCUT2D eigenvalue weighted by molar-refractivity contribution is 5.79. The molecular formula is C11H20N2O3. The van der Waals surface area contributed by atoms with Gasteiger partial charge in [-0.05, 0) is 38.5 Å². The number of ether oxygens (including phenoxy) is 1. The van der Waals surface area contributed by atoms with Crippen LogP contribution in [-0.4, -0.2) is 30.8 Å². The van der Waals surface area contributed by atoms with Crippen LogP contribution in [0.5, 0.6) is 0 Å². The highest BCUT2D eigenvalue weighted by Gasteiger charge is 2.25. The van der Waals surface area contributed by atoms with Gasteiger partial charge in [0.2, 0.25) is 0 Å². The lowest BCUT2D eigenvalue weighted by molar-refractivity contribution is -0.149. The van der Waals surface area contributed by atoms with Crippen LogP contribution in [0.4, 0.5) is 0 Å². The Balaban J connectivity index is 1.65. The first-order valence-electron chi connectivity index (χ1n) is 6.08. The molecule has 2 fully saturated rings. The minimum absolute atomic E-state index is 0.116. The molecule has 1 aliphatic carbocycles. The third-order valence-electron chi connectivity index (χ3n) is 3.27. The number of rotatable bonds is 3. The summed E-state index contributed by atoms with van der Waals surface area (Å²) in [6.07, 6.45) is 5.35. The minimum atomic E-state index is -0.314. The van der Waals surface area contributed by atoms with Gasteiger partial charge in [-0.25, -0.2) is 5.48 Å². The van der Waals surface area contributed by atoms with Crippen LogP contribution in [0.3, 0.4) is 0 Å². The smallest absolute Gasteiger partial charge is 0.272 e. The normalized spacial score (nSPS) is 34.9. The van der Waals surface area contributed by atoms with Gasteiger partial charge in [0.1, 0.15) is 6.10 Å². The number of carbonyl (C=O) groups is 1. The minimum Gasteiger partial charge on any atom is -0.368 e. The Morgan fingerprint density at radius 1 is 1.25 bits per heavy atom. The van der Waals surface area contributed by atoms with Crippen molar-refractivity contribution in [3.8, 4) is 0 Å². The zero-order valence-corrected chi connectivity index (χ0v) is 9.48. The zero-order chi connectivity index (χ0) is 11.4. The van der Waals surface area contributed by atoms with Gasteiger partial charge < -0.3 is 10.5 Å². The molecule has 1 aliphatic heterocycles. The molecule has 0 aromatic heterocycles. The molecule has 0 bridgehead atoms. The molecule has 5 nitrogen and oxygen atoms in total. The van der Waals surface area contributed by atoms with Crippen LogP contribution < -0.4 is 11.2 Å². The van der Waals surface area contributed by atoms with E-state index in [1.165, 1.54) is 0 Å². The topological polar surface area (TPSA) is 73.6 Å². The van der Waals surface area contributed by atoms with Gasteiger partial charge >= 0.3 is 0 Å². The summed E-state index contributed by atoms with van der Waals surface area (Å²) < 4.78 is 5.26. The molecule has 1 atom stereocenters. The molecule has 0 aromatic rings. The van der Waals surface area contributed by atoms with Gasteiger partial charge in [-0.3, -0.25) is 9.63 Å². The van der Waals surface area contributed by atoms with Crippen molar-refractivity contribution >= 4 is 5.91 Å². The van der Waals surface area contributed by atoms with Gasteiger partial charge in [0.05, 0.1) is 6.10 Å². The molecule has 2 aliphatic rings. The molecule has 16 heavy (non-hydrogen) atoms. The fourth-order valence-corrected chi connectivity index (χ4v) is 2.20. The number of hydroxylamine groups is 1. The first-order valence-corrected chi connectivity index (χ1v) is 6.08. The van der Waals surface area contributed by atoms with E-state index in [9.17, 15) is 4.79 Å². The average molecular weight is 228 g/mol. The summed E-state index contributed by atoms with van der Waals surface area (Å²) in [5.41, 5.74) is 8.29. The van der Waals surface area contributed by atoms with E-state index in [-0.39, 0.29) is 18.1 Å². The average Bonchev–Trinajstić information content (AvgIpc) is 2.81. The monoisotopic (exact) mass is 228 g/mol. The van der Waals surface area contributed by atoms with Crippen molar-refractivity contribution in [1.82, 2.24) is 5.48 Å². The van der Waals surface area contributed by atoms with Crippen molar-refractivity contribution in [3.05, 3.63) is 0 Å². The lowest BCUT2D eigenvalue weighted by atomic mass is 9.94. The third kappa shape index (κ3) is 3.17. The number of nitrogens with two attached hydrogens (primary N) is 1. The largest absolute Gasteiger partial charge is 0.368 e. The van der Waals surface area contributed by atoms with E-state index < -0.39 is 0 Å². The van der Waals surface area contributed by atoms with Gasteiger partial charge in [-0.15, -0.1) is 0 Å². The molecule has 2 rings (SSSR count). The lowest BCUT2D eigenvalue weighted by Crippen LogP contribution is -2.39. The van der Waals surface area contributed by atoms with E-state index in [0.29, 0.717) is 12.6 Å². The second-order valence-electron chi connectivity index (χ2n) is 4.62. The van der Waals surface area contributed by atoms with E-state index in [1.54, 1.807) is 0 Å². The Hall–Kier alpha value is -0.650. The van der Waals surface area contributed by atoms with Gasteiger partial charge in [-0.2, -0.15) is 0 Å². The van der Waals surface area contributed by atoms with Crippen LogP contribution in [0.15, 0.2) is 0 Å². The summed E-state index contributed by atoms with van der Waals surface area (Å²) in [7, 11) is 0. The highest BCUT2D eigenvalue weighted by Crippen LogP contribution is 2.19. The fraction of sp³-hybridized carbons (Fsp3) is 0.909. The molecular weight excluding hydrogens is 208 g/mol. The van der Waals surface area contributed by atoms with Crippen LogP contribution in [-0.2, 0) is 14.4 Å². The van der Waals surface area contributed by atoms with E-state index >= 15 is 0 Å². The Morgan fingerprint density at radius 2 is 2.00 bits per heavy atom. The van der Waals surface area contributed by atoms with Crippen molar-refractivity contribution in [2.24, 2.45) is 5.73 Å². The number of amides is 1. The predicted molar refractivity (Wildman–Crippen MR) is 58.4 cm³/mol. The van der Waals surface area contributed by atoms with Crippen molar-refractivity contribution < 1.29 is 14.4 Å². The van der Waals surface area contributed by atoms with Gasteiger partial charge in [-0.1, -0.05) is 0 Å². The van der Waals surface area contributed by atoms with Crippen molar-refractivity contribution in [2.75, 3.05) is 6.61 Å². The summed E-state index contributed by atoms with van der Waals surface area (Å²) in [5, 5.41) is 0. The van der Waals surface area contributed by atoms with Gasteiger partial charge in [0.15, 0.2) is 0 Å². The zero-order valence-electron chi connectivity index (χ0n) is 9.48. The lowest BCUT2D eigenvalue weighted by Gasteiger charge is -2.26. The molecule has 1 saturated carbocycles. The molecule has 0 spiro atoms. The van der Waals surface area contributed by atoms with Crippen LogP contribution in [0.2, 0.25) is 0 Å². The maximum Gasteiger partial charge on any atom is 0.272 e. The molecule has 5 heteroatoms. The van der Waals surface area contributed by atoms with Crippen LogP contribution in [0.25, 0.3) is 0 Å². The fourth-order valence-electron chi connectivity index (χ4n) is 2.20. The molecule has 1 unspecified atom stereocenters. The van der Waals surface area contributed by atoms with Crippen molar-refractivity contribution in [1.29, 1.82) is 0 Å². The maximum atomic E-state index is 11.6. The second kappa shape index (κ2) is 5.61. The summed E-state index contributed by atoms with van der Waals surface area (Å²) in [6.45, 7) is 0.677. The summed E-state index contributed by atoms with van der Waals surface area (Å²) in [6, 6.07) is 0.300. The molecule has 0 aromatic carbocycles. The predicted octanol–water partition coefficient (Wildman–Crippen LogP) is 0.483. The molecule has 1 saturated heterocycles. The first-order chi connectivity index (χ1) is 7.75. The molecule has 92 valence electrons. The van der Waals surface area contributed by atoms with E-state index in [1.807, 2.05) is 0 Å². The Bertz CT molecular complexity index is 233. The molecule has 0 radical (unpaired) electrons. The third-order valence-corrected chi connectivity index (χ3v) is 3.27. The van der Waals surface area contributed by atoms with Gasteiger partial charge in [0, 0.05) is 12.6 Å². The number of carbonyl (C=O) groups excluding carboxylic acids is 1. The quantitative estimate of drug-likeness (QED) is 0.689. The van der Waals surface area contributed by atoms with Crippen molar-refractivity contribution in [2.45, 2.75) is 56.8 Å². The van der Waals surface area contributed by atoms with Gasteiger partial charge in [0.25, 0.3) is 5.91 Å². The number of hydrogen-bond donors (Lipinski definition) is 2. The Kier molecular flexibility index (Phi) is 4.15. The summed E-state index contributed by atoms with van der Waals surface area (Å²) >= 11 is 0. The number of nitrogens with one attached hydrogen (secondary N) is 1. The molecule has 3 N–H and O–H groups in total. The second-order valence-corrected chi connectivity index (χ2v) is 4.62. The van der Waals surface area contributed by atoms with E-state index in [4.69, 9.17) is 15.3 Å². The number of hydrogen-bond acceptors (Lipinski definition) is 4. The Morgan fingerprint density at radius 3 is 2.62 bits per heavy atom. The first kappa shape index (κ1) is 11.8. The highest BCUT2D eigenvalue weighted by atomic mass is 16.7. The molecule has 1 amide bonds. The van der Waals surface area contributed by atoms with E-state index in [0.717, 1.165) is 38.5 Å². The maximum absolute atomic E-state index is 11.6. The van der Waals surface area contributed by atoms with Crippen LogP contribution in [0, 0.1) is 0 Å². The molecule has 1 heterocycles. The SMILES string of the molecule is NC1CCC(ONC(=O)C2CCCO2)CC1.